The van der Waals surface area contributed by atoms with Crippen LogP contribution in [-0.4, -0.2) is 57.5 Å². The van der Waals surface area contributed by atoms with Gasteiger partial charge in [-0.25, -0.2) is 8.42 Å². The van der Waals surface area contributed by atoms with Crippen molar-refractivity contribution in [3.8, 4) is 0 Å². The van der Waals surface area contributed by atoms with Gasteiger partial charge in [0.1, 0.15) is 5.60 Å². The molecule has 0 aromatic rings. The average Bonchev–Trinajstić information content (AvgIpc) is 2.78. The van der Waals surface area contributed by atoms with E-state index in [1.54, 1.807) is 0 Å². The third-order valence-electron chi connectivity index (χ3n) is 2.34. The second-order valence-electron chi connectivity index (χ2n) is 3.62. The predicted octanol–water partition coefficient (Wildman–Crippen LogP) is -0.953. The highest BCUT2D eigenvalue weighted by Gasteiger charge is 2.49. The molecule has 2 aliphatic rings. The Morgan fingerprint density at radius 1 is 1.38 bits per heavy atom. The maximum Gasteiger partial charge on any atom is 0.211 e. The van der Waals surface area contributed by atoms with Crippen molar-refractivity contribution in [3.05, 3.63) is 0 Å². The van der Waals surface area contributed by atoms with E-state index >= 15 is 0 Å². The van der Waals surface area contributed by atoms with Crippen LogP contribution in [-0.2, 0) is 19.5 Å². The van der Waals surface area contributed by atoms with E-state index in [2.05, 4.69) is 0 Å². The SMILES string of the molecule is CS(=O)(=O)N1CCOCC2(CO2)C1. The molecule has 0 amide bonds. The van der Waals surface area contributed by atoms with E-state index in [-0.39, 0.29) is 5.60 Å². The second kappa shape index (κ2) is 2.91. The van der Waals surface area contributed by atoms with Crippen LogP contribution in [0.3, 0.4) is 0 Å². The molecular weight excluding hydrogens is 194 g/mol. The molecular formula is C7H13NO4S. The lowest BCUT2D eigenvalue weighted by Crippen LogP contribution is -2.38. The van der Waals surface area contributed by atoms with E-state index < -0.39 is 10.0 Å². The predicted molar refractivity (Wildman–Crippen MR) is 45.9 cm³/mol. The minimum absolute atomic E-state index is 0.334. The van der Waals surface area contributed by atoms with Crippen LogP contribution in [0.4, 0.5) is 0 Å². The molecule has 2 rings (SSSR count). The summed E-state index contributed by atoms with van der Waals surface area (Å²) in [5.41, 5.74) is -0.334. The van der Waals surface area contributed by atoms with Crippen LogP contribution in [0.1, 0.15) is 0 Å². The van der Waals surface area contributed by atoms with Crippen molar-refractivity contribution >= 4 is 10.0 Å². The molecule has 2 fully saturated rings. The molecule has 2 saturated heterocycles. The minimum atomic E-state index is -3.11. The summed E-state index contributed by atoms with van der Waals surface area (Å²) < 4.78 is 34.4. The summed E-state index contributed by atoms with van der Waals surface area (Å²) in [6.45, 7) is 2.45. The molecule has 0 radical (unpaired) electrons. The molecule has 2 heterocycles. The van der Waals surface area contributed by atoms with Crippen molar-refractivity contribution in [1.29, 1.82) is 0 Å². The smallest absolute Gasteiger partial charge is 0.211 e. The topological polar surface area (TPSA) is 59.1 Å². The summed E-state index contributed by atoms with van der Waals surface area (Å²) in [7, 11) is -3.11. The van der Waals surface area contributed by atoms with Crippen molar-refractivity contribution < 1.29 is 17.9 Å². The molecule has 13 heavy (non-hydrogen) atoms. The number of hydrogen-bond donors (Lipinski definition) is 0. The molecule has 1 atom stereocenters. The van der Waals surface area contributed by atoms with Crippen molar-refractivity contribution in [2.75, 3.05) is 39.2 Å². The van der Waals surface area contributed by atoms with Crippen LogP contribution >= 0.6 is 0 Å². The van der Waals surface area contributed by atoms with Gasteiger partial charge in [0, 0.05) is 13.1 Å². The highest BCUT2D eigenvalue weighted by Crippen LogP contribution is 2.30. The van der Waals surface area contributed by atoms with Gasteiger partial charge in [0.2, 0.25) is 10.0 Å². The zero-order chi connectivity index (χ0) is 9.53. The summed E-state index contributed by atoms with van der Waals surface area (Å²) in [4.78, 5) is 0. The Labute approximate surface area is 77.7 Å². The molecule has 2 aliphatic heterocycles. The quantitative estimate of drug-likeness (QED) is 0.520. The number of epoxide rings is 1. The third-order valence-corrected chi connectivity index (χ3v) is 3.59. The lowest BCUT2D eigenvalue weighted by Gasteiger charge is -2.18. The van der Waals surface area contributed by atoms with Crippen LogP contribution in [0.5, 0.6) is 0 Å². The van der Waals surface area contributed by atoms with Crippen LogP contribution in [0.15, 0.2) is 0 Å². The Morgan fingerprint density at radius 2 is 2.08 bits per heavy atom. The summed E-state index contributed by atoms with van der Waals surface area (Å²) in [5, 5.41) is 0. The van der Waals surface area contributed by atoms with Crippen molar-refractivity contribution in [1.82, 2.24) is 4.31 Å². The first-order chi connectivity index (χ1) is 6.02. The van der Waals surface area contributed by atoms with Gasteiger partial charge in [-0.2, -0.15) is 4.31 Å². The fraction of sp³-hybridized carbons (Fsp3) is 1.00. The zero-order valence-electron chi connectivity index (χ0n) is 7.52. The molecule has 76 valence electrons. The molecule has 0 aromatic carbocycles. The Kier molecular flexibility index (Phi) is 2.10. The normalized spacial score (nSPS) is 36.1. The fourth-order valence-electron chi connectivity index (χ4n) is 1.43. The molecule has 0 bridgehead atoms. The standard InChI is InChI=1S/C7H13NO4S/c1-13(9,10)8-2-3-11-5-7(4-8)6-12-7/h2-6H2,1H3. The first-order valence-electron chi connectivity index (χ1n) is 4.19. The Bertz CT molecular complexity index is 296. The van der Waals surface area contributed by atoms with Gasteiger partial charge in [-0.15, -0.1) is 0 Å². The maximum atomic E-state index is 11.3. The van der Waals surface area contributed by atoms with Crippen LogP contribution < -0.4 is 0 Å². The van der Waals surface area contributed by atoms with E-state index in [4.69, 9.17) is 9.47 Å². The van der Waals surface area contributed by atoms with E-state index in [1.807, 2.05) is 0 Å². The maximum absolute atomic E-state index is 11.3. The Hall–Kier alpha value is -0.170. The number of hydrogen-bond acceptors (Lipinski definition) is 4. The highest BCUT2D eigenvalue weighted by atomic mass is 32.2. The van der Waals surface area contributed by atoms with Gasteiger partial charge in [0.05, 0.1) is 26.1 Å². The van der Waals surface area contributed by atoms with E-state index in [9.17, 15) is 8.42 Å². The van der Waals surface area contributed by atoms with Crippen LogP contribution in [0.25, 0.3) is 0 Å². The number of nitrogens with zero attached hydrogens (tertiary/aromatic N) is 1. The summed E-state index contributed by atoms with van der Waals surface area (Å²) in [6.07, 6.45) is 1.22. The van der Waals surface area contributed by atoms with Crippen molar-refractivity contribution in [3.63, 3.8) is 0 Å². The number of ether oxygens (including phenoxy) is 2. The molecule has 0 saturated carbocycles. The van der Waals surface area contributed by atoms with Crippen LogP contribution in [0, 0.1) is 0 Å². The first kappa shape index (κ1) is 9.39. The monoisotopic (exact) mass is 207 g/mol. The molecule has 0 N–H and O–H groups in total. The molecule has 0 aromatic heterocycles. The number of sulfonamides is 1. The summed E-state index contributed by atoms with van der Waals surface area (Å²) in [6, 6.07) is 0. The van der Waals surface area contributed by atoms with Gasteiger partial charge in [0.15, 0.2) is 0 Å². The second-order valence-corrected chi connectivity index (χ2v) is 5.60. The van der Waals surface area contributed by atoms with Gasteiger partial charge in [-0.3, -0.25) is 0 Å². The Balaban J connectivity index is 2.12. The highest BCUT2D eigenvalue weighted by molar-refractivity contribution is 7.88. The van der Waals surface area contributed by atoms with Gasteiger partial charge < -0.3 is 9.47 Å². The van der Waals surface area contributed by atoms with Gasteiger partial charge in [0.25, 0.3) is 0 Å². The lowest BCUT2D eigenvalue weighted by atomic mass is 10.2. The summed E-state index contributed by atoms with van der Waals surface area (Å²) in [5.74, 6) is 0. The largest absolute Gasteiger partial charge is 0.377 e. The fourth-order valence-corrected chi connectivity index (χ4v) is 2.31. The summed E-state index contributed by atoms with van der Waals surface area (Å²) >= 11 is 0. The number of rotatable bonds is 1. The zero-order valence-corrected chi connectivity index (χ0v) is 8.34. The molecule has 5 nitrogen and oxygen atoms in total. The van der Waals surface area contributed by atoms with Gasteiger partial charge in [-0.1, -0.05) is 0 Å². The molecule has 6 heteroatoms. The van der Waals surface area contributed by atoms with E-state index in [0.717, 1.165) is 0 Å². The van der Waals surface area contributed by atoms with Crippen molar-refractivity contribution in [2.45, 2.75) is 5.60 Å². The van der Waals surface area contributed by atoms with Gasteiger partial charge >= 0.3 is 0 Å². The molecule has 1 unspecified atom stereocenters. The minimum Gasteiger partial charge on any atom is -0.377 e. The third kappa shape index (κ3) is 2.01. The molecule has 1 spiro atoms. The lowest BCUT2D eigenvalue weighted by molar-refractivity contribution is 0.103. The molecule has 0 aliphatic carbocycles. The van der Waals surface area contributed by atoms with E-state index in [1.165, 1.54) is 10.6 Å². The first-order valence-corrected chi connectivity index (χ1v) is 6.04. The van der Waals surface area contributed by atoms with E-state index in [0.29, 0.717) is 32.9 Å². The van der Waals surface area contributed by atoms with Crippen LogP contribution in [0.2, 0.25) is 0 Å². The average molecular weight is 207 g/mol. The Morgan fingerprint density at radius 3 is 2.62 bits per heavy atom. The van der Waals surface area contributed by atoms with Gasteiger partial charge in [-0.05, 0) is 0 Å². The van der Waals surface area contributed by atoms with Crippen molar-refractivity contribution in [2.24, 2.45) is 0 Å².